The molecule has 0 bridgehead atoms. The second-order valence-corrected chi connectivity index (χ2v) is 8.23. The van der Waals surface area contributed by atoms with Crippen molar-refractivity contribution >= 4 is 44.7 Å². The van der Waals surface area contributed by atoms with E-state index in [9.17, 15) is 0 Å². The number of rotatable bonds is 4. The van der Waals surface area contributed by atoms with Crippen molar-refractivity contribution in [3.05, 3.63) is 128 Å². The molecule has 0 unspecified atom stereocenters. The van der Waals surface area contributed by atoms with Crippen LogP contribution in [0.1, 0.15) is 36.1 Å². The molecule has 0 fully saturated rings. The molecule has 0 aliphatic heterocycles. The summed E-state index contributed by atoms with van der Waals surface area (Å²) in [5.74, 6) is 0. The van der Waals surface area contributed by atoms with Crippen molar-refractivity contribution in [3.8, 4) is 0 Å². The van der Waals surface area contributed by atoms with Gasteiger partial charge >= 0.3 is 16.5 Å². The molecule has 0 amide bonds. The third kappa shape index (κ3) is 4.32. The van der Waals surface area contributed by atoms with E-state index in [-0.39, 0.29) is 23.9 Å². The standard InChI is InChI=1S/C30H24N2.CH3.Ni/c1-19(2)22-13-5-7-17-26(22)31-29-24-15-9-11-21-12-10-16-25(28(21)24)30(29)32-27-18-8-6-14-23(27)20(3)4;;/h5-18H,1,3H2,2,4H3;1H3;/q;-1;+2. The van der Waals surface area contributed by atoms with Crippen LogP contribution in [-0.4, -0.2) is 11.4 Å². The summed E-state index contributed by atoms with van der Waals surface area (Å²) in [6.07, 6.45) is 0. The fourth-order valence-electron chi connectivity index (χ4n) is 4.32. The van der Waals surface area contributed by atoms with E-state index in [0.717, 1.165) is 56.2 Å². The summed E-state index contributed by atoms with van der Waals surface area (Å²) in [5.41, 5.74) is 9.89. The number of para-hydroxylation sites is 2. The maximum atomic E-state index is 5.17. The molecule has 3 heteroatoms. The van der Waals surface area contributed by atoms with E-state index in [1.165, 1.54) is 10.8 Å². The van der Waals surface area contributed by atoms with Gasteiger partial charge in [-0.2, -0.15) is 0 Å². The smallest absolute Gasteiger partial charge is 0.358 e. The van der Waals surface area contributed by atoms with E-state index in [1.807, 2.05) is 50.2 Å². The SMILES string of the molecule is C=C(C)c1ccccc1N=C1C(=Nc2ccccc2C(=C)C)c2cccc3cccc1c23.[CH3-].[Ni+2]. The van der Waals surface area contributed by atoms with Crippen LogP contribution in [0.5, 0.6) is 0 Å². The minimum atomic E-state index is 0. The predicted molar refractivity (Wildman–Crippen MR) is 145 cm³/mol. The number of aliphatic imine (C=N–C) groups is 2. The fourth-order valence-corrected chi connectivity index (χ4v) is 4.32. The molecule has 0 saturated carbocycles. The minimum Gasteiger partial charge on any atom is -0.358 e. The minimum absolute atomic E-state index is 0. The third-order valence-corrected chi connectivity index (χ3v) is 5.83. The van der Waals surface area contributed by atoms with Crippen LogP contribution in [0.2, 0.25) is 0 Å². The summed E-state index contributed by atoms with van der Waals surface area (Å²) >= 11 is 0. The second kappa shape index (κ2) is 10.2. The van der Waals surface area contributed by atoms with Crippen LogP contribution < -0.4 is 0 Å². The van der Waals surface area contributed by atoms with Crippen molar-refractivity contribution in [1.29, 1.82) is 0 Å². The predicted octanol–water partition coefficient (Wildman–Crippen LogP) is 8.61. The van der Waals surface area contributed by atoms with Gasteiger partial charge in [-0.05, 0) is 42.5 Å². The quantitative estimate of drug-likeness (QED) is 0.204. The largest absolute Gasteiger partial charge is 2.00 e. The molecule has 0 radical (unpaired) electrons. The molecular weight excluding hydrogens is 459 g/mol. The number of hydrogen-bond donors (Lipinski definition) is 0. The maximum absolute atomic E-state index is 5.17. The van der Waals surface area contributed by atoms with Crippen LogP contribution in [0.4, 0.5) is 11.4 Å². The van der Waals surface area contributed by atoms with E-state index >= 15 is 0 Å². The van der Waals surface area contributed by atoms with Crippen LogP contribution in [0, 0.1) is 7.43 Å². The maximum Gasteiger partial charge on any atom is 2.00 e. The molecule has 0 aromatic heterocycles. The first-order valence-electron chi connectivity index (χ1n) is 10.7. The molecule has 1 aliphatic carbocycles. The molecule has 34 heavy (non-hydrogen) atoms. The Labute approximate surface area is 212 Å². The molecule has 4 aromatic carbocycles. The van der Waals surface area contributed by atoms with Gasteiger partial charge in [0.2, 0.25) is 0 Å². The average Bonchev–Trinajstić information content (AvgIpc) is 3.09. The summed E-state index contributed by atoms with van der Waals surface area (Å²) in [4.78, 5) is 10.3. The van der Waals surface area contributed by atoms with Crippen molar-refractivity contribution in [2.24, 2.45) is 9.98 Å². The Morgan fingerprint density at radius 1 is 0.588 bits per heavy atom. The van der Waals surface area contributed by atoms with Crippen molar-refractivity contribution in [2.45, 2.75) is 13.8 Å². The summed E-state index contributed by atoms with van der Waals surface area (Å²) in [6, 6.07) is 29.0. The topological polar surface area (TPSA) is 24.7 Å². The fraction of sp³-hybridized carbons (Fsp3) is 0.0645. The van der Waals surface area contributed by atoms with Gasteiger partial charge in [0.1, 0.15) is 0 Å². The van der Waals surface area contributed by atoms with Gasteiger partial charge in [0.15, 0.2) is 0 Å². The molecule has 1 aliphatic rings. The second-order valence-electron chi connectivity index (χ2n) is 8.23. The Kier molecular flexibility index (Phi) is 7.49. The van der Waals surface area contributed by atoms with Gasteiger partial charge in [0.05, 0.1) is 22.8 Å². The Balaban J connectivity index is 0.00000162. The van der Waals surface area contributed by atoms with Crippen LogP contribution in [0.25, 0.3) is 21.9 Å². The first-order chi connectivity index (χ1) is 15.5. The normalized spacial score (nSPS) is 14.1. The van der Waals surface area contributed by atoms with Gasteiger partial charge in [-0.15, -0.1) is 0 Å². The van der Waals surface area contributed by atoms with Gasteiger partial charge in [-0.25, -0.2) is 9.98 Å². The van der Waals surface area contributed by atoms with E-state index < -0.39 is 0 Å². The summed E-state index contributed by atoms with van der Waals surface area (Å²) in [7, 11) is 0. The van der Waals surface area contributed by atoms with Crippen LogP contribution >= 0.6 is 0 Å². The summed E-state index contributed by atoms with van der Waals surface area (Å²) in [5, 5.41) is 2.40. The molecule has 5 rings (SSSR count). The first-order valence-corrected chi connectivity index (χ1v) is 10.7. The Bertz CT molecular complexity index is 1370. The molecule has 0 atom stereocenters. The van der Waals surface area contributed by atoms with E-state index in [2.05, 4.69) is 61.7 Å². The average molecular weight is 486 g/mol. The third-order valence-electron chi connectivity index (χ3n) is 5.83. The molecular formula is C31H27N2Ni+. The van der Waals surface area contributed by atoms with Gasteiger partial charge in [-0.3, -0.25) is 0 Å². The number of hydrogen-bond acceptors (Lipinski definition) is 2. The zero-order chi connectivity index (χ0) is 22.2. The van der Waals surface area contributed by atoms with E-state index in [0.29, 0.717) is 0 Å². The Morgan fingerprint density at radius 2 is 1.00 bits per heavy atom. The molecule has 0 heterocycles. The molecule has 0 N–H and O–H groups in total. The zero-order valence-corrected chi connectivity index (χ0v) is 20.7. The van der Waals surface area contributed by atoms with Crippen LogP contribution in [0.3, 0.4) is 0 Å². The van der Waals surface area contributed by atoms with Crippen molar-refractivity contribution in [3.63, 3.8) is 0 Å². The van der Waals surface area contributed by atoms with Crippen molar-refractivity contribution < 1.29 is 16.5 Å². The monoisotopic (exact) mass is 485 g/mol. The van der Waals surface area contributed by atoms with Gasteiger partial charge in [0.25, 0.3) is 0 Å². The summed E-state index contributed by atoms with van der Waals surface area (Å²) < 4.78 is 0. The zero-order valence-electron chi connectivity index (χ0n) is 19.7. The van der Waals surface area contributed by atoms with E-state index in [4.69, 9.17) is 9.98 Å². The van der Waals surface area contributed by atoms with Crippen molar-refractivity contribution in [2.75, 3.05) is 0 Å². The van der Waals surface area contributed by atoms with Crippen LogP contribution in [0.15, 0.2) is 108 Å². The number of allylic oxidation sites excluding steroid dienone is 2. The molecule has 4 aromatic rings. The number of benzene rings is 4. The van der Waals surface area contributed by atoms with Gasteiger partial charge in [-0.1, -0.05) is 86.0 Å². The first kappa shape index (κ1) is 25.1. The summed E-state index contributed by atoms with van der Waals surface area (Å²) in [6.45, 7) is 12.3. The van der Waals surface area contributed by atoms with E-state index in [1.54, 1.807) is 0 Å². The molecule has 0 spiro atoms. The number of nitrogens with zero attached hydrogens (tertiary/aromatic N) is 2. The molecule has 2 nitrogen and oxygen atoms in total. The Morgan fingerprint density at radius 3 is 1.41 bits per heavy atom. The van der Waals surface area contributed by atoms with Gasteiger partial charge in [0, 0.05) is 27.6 Å². The molecule has 170 valence electrons. The van der Waals surface area contributed by atoms with Crippen molar-refractivity contribution in [1.82, 2.24) is 0 Å². The molecule has 0 saturated heterocycles. The Hall–Kier alpha value is -3.55. The van der Waals surface area contributed by atoms with Gasteiger partial charge < -0.3 is 7.43 Å². The van der Waals surface area contributed by atoms with Crippen LogP contribution in [-0.2, 0) is 16.5 Å².